The van der Waals surface area contributed by atoms with Crippen molar-refractivity contribution in [1.82, 2.24) is 25.2 Å². The summed E-state index contributed by atoms with van der Waals surface area (Å²) in [7, 11) is 0. The Bertz CT molecular complexity index is 863. The van der Waals surface area contributed by atoms with Crippen molar-refractivity contribution in [3.63, 3.8) is 0 Å². The monoisotopic (exact) mass is 347 g/mol. The molecule has 2 N–H and O–H groups in total. The zero-order valence-corrected chi connectivity index (χ0v) is 14.4. The van der Waals surface area contributed by atoms with Gasteiger partial charge in [0.05, 0.1) is 0 Å². The molecule has 2 atom stereocenters. The molecule has 0 spiro atoms. The summed E-state index contributed by atoms with van der Waals surface area (Å²) < 4.78 is 1.83. The fourth-order valence-electron chi connectivity index (χ4n) is 3.16. The topological polar surface area (TPSA) is 71.8 Å². The van der Waals surface area contributed by atoms with E-state index >= 15 is 0 Å². The van der Waals surface area contributed by atoms with E-state index in [1.54, 1.807) is 18.7 Å². The number of hydrogen-bond donors (Lipinski definition) is 2. The van der Waals surface area contributed by atoms with Gasteiger partial charge in [-0.3, -0.25) is 4.57 Å². The average molecular weight is 347 g/mol. The first-order chi connectivity index (χ1) is 12.8. The third-order valence-corrected chi connectivity index (χ3v) is 4.71. The fraction of sp³-hybridized carbons (Fsp3) is 0.250. The summed E-state index contributed by atoms with van der Waals surface area (Å²) in [5, 5.41) is 5.88. The molecule has 132 valence electrons. The number of nitrogens with zero attached hydrogens (tertiary/aromatic N) is 3. The van der Waals surface area contributed by atoms with E-state index in [0.29, 0.717) is 24.9 Å². The van der Waals surface area contributed by atoms with Gasteiger partial charge in [0, 0.05) is 31.7 Å². The third-order valence-electron chi connectivity index (χ3n) is 4.71. The quantitative estimate of drug-likeness (QED) is 0.720. The van der Waals surface area contributed by atoms with Crippen LogP contribution in [0.3, 0.4) is 0 Å². The molecule has 2 amide bonds. The maximum atomic E-state index is 12.1. The first-order valence-electron chi connectivity index (χ1n) is 8.79. The van der Waals surface area contributed by atoms with E-state index in [4.69, 9.17) is 0 Å². The number of nitrogens with one attached hydrogen (secondary N) is 2. The van der Waals surface area contributed by atoms with Crippen molar-refractivity contribution in [2.75, 3.05) is 6.54 Å². The second kappa shape index (κ2) is 7.39. The van der Waals surface area contributed by atoms with Crippen molar-refractivity contribution < 1.29 is 4.79 Å². The summed E-state index contributed by atoms with van der Waals surface area (Å²) in [6.45, 7) is 1.17. The number of benzene rings is 1. The summed E-state index contributed by atoms with van der Waals surface area (Å²) >= 11 is 0. The molecule has 2 heterocycles. The van der Waals surface area contributed by atoms with Crippen molar-refractivity contribution in [2.45, 2.75) is 18.9 Å². The summed E-state index contributed by atoms with van der Waals surface area (Å²) in [5.41, 5.74) is 2.36. The molecule has 6 heteroatoms. The van der Waals surface area contributed by atoms with Gasteiger partial charge in [-0.25, -0.2) is 14.8 Å². The van der Waals surface area contributed by atoms with Gasteiger partial charge in [0.2, 0.25) is 0 Å². The highest BCUT2D eigenvalue weighted by atomic mass is 16.2. The SMILES string of the molecule is O=C(NCc1ccnc(-n2ccnc2)c1)NC[C@@H]1C[C@H]1c1ccccc1. The highest BCUT2D eigenvalue weighted by Crippen LogP contribution is 2.46. The van der Waals surface area contributed by atoms with Gasteiger partial charge in [-0.2, -0.15) is 0 Å². The number of carbonyl (C=O) groups is 1. The number of hydrogen-bond acceptors (Lipinski definition) is 3. The Morgan fingerprint density at radius 1 is 1.15 bits per heavy atom. The molecule has 1 aromatic carbocycles. The maximum Gasteiger partial charge on any atom is 0.315 e. The van der Waals surface area contributed by atoms with E-state index in [1.165, 1.54) is 5.56 Å². The Labute approximate surface area is 152 Å². The molecule has 0 unspecified atom stereocenters. The van der Waals surface area contributed by atoms with E-state index < -0.39 is 0 Å². The van der Waals surface area contributed by atoms with Gasteiger partial charge in [-0.15, -0.1) is 0 Å². The lowest BCUT2D eigenvalue weighted by Gasteiger charge is -2.09. The smallest absolute Gasteiger partial charge is 0.315 e. The highest BCUT2D eigenvalue weighted by Gasteiger charge is 2.37. The molecule has 0 saturated heterocycles. The molecule has 1 saturated carbocycles. The van der Waals surface area contributed by atoms with Crippen molar-refractivity contribution in [3.8, 4) is 5.82 Å². The molecule has 26 heavy (non-hydrogen) atoms. The van der Waals surface area contributed by atoms with Crippen LogP contribution < -0.4 is 10.6 Å². The zero-order valence-electron chi connectivity index (χ0n) is 14.4. The van der Waals surface area contributed by atoms with Crippen LogP contribution in [0.15, 0.2) is 67.4 Å². The second-order valence-corrected chi connectivity index (χ2v) is 6.57. The second-order valence-electron chi connectivity index (χ2n) is 6.57. The minimum absolute atomic E-state index is 0.135. The standard InChI is InChI=1S/C20H21N5O/c26-20(24-13-17-11-18(17)16-4-2-1-3-5-16)23-12-15-6-7-22-19(10-15)25-9-8-21-14-25/h1-10,14,17-18H,11-13H2,(H2,23,24,26)/t17-,18-/m0/s1. The molecule has 0 bridgehead atoms. The molecule has 6 nitrogen and oxygen atoms in total. The van der Waals surface area contributed by atoms with Crippen LogP contribution in [-0.2, 0) is 6.54 Å². The van der Waals surface area contributed by atoms with Gasteiger partial charge in [0.25, 0.3) is 0 Å². The van der Waals surface area contributed by atoms with Gasteiger partial charge < -0.3 is 10.6 Å². The summed E-state index contributed by atoms with van der Waals surface area (Å²) in [5.74, 6) is 1.90. The predicted octanol–water partition coefficient (Wildman–Crippen LogP) is 2.87. The molecule has 0 radical (unpaired) electrons. The molecule has 1 fully saturated rings. The first-order valence-corrected chi connectivity index (χ1v) is 8.79. The minimum atomic E-state index is -0.135. The predicted molar refractivity (Wildman–Crippen MR) is 98.9 cm³/mol. The number of aromatic nitrogens is 3. The number of pyridine rings is 1. The maximum absolute atomic E-state index is 12.1. The van der Waals surface area contributed by atoms with Gasteiger partial charge in [0.15, 0.2) is 0 Å². The first kappa shape index (κ1) is 16.3. The Kier molecular flexibility index (Phi) is 4.64. The van der Waals surface area contributed by atoms with Crippen LogP contribution in [0.5, 0.6) is 0 Å². The number of carbonyl (C=O) groups excluding carboxylic acids is 1. The van der Waals surface area contributed by atoms with Crippen LogP contribution in [0.25, 0.3) is 5.82 Å². The van der Waals surface area contributed by atoms with Crippen LogP contribution in [0.4, 0.5) is 4.79 Å². The fourth-order valence-corrected chi connectivity index (χ4v) is 3.16. The average Bonchev–Trinajstić information content (AvgIpc) is 3.26. The van der Waals surface area contributed by atoms with Gasteiger partial charge in [0.1, 0.15) is 12.1 Å². The van der Waals surface area contributed by atoms with Gasteiger partial charge in [-0.05, 0) is 41.5 Å². The Balaban J connectivity index is 1.23. The molecule has 1 aliphatic carbocycles. The zero-order chi connectivity index (χ0) is 17.8. The largest absolute Gasteiger partial charge is 0.338 e. The van der Waals surface area contributed by atoms with E-state index in [9.17, 15) is 4.79 Å². The molecular formula is C20H21N5O. The van der Waals surface area contributed by atoms with Gasteiger partial charge >= 0.3 is 6.03 Å². The van der Waals surface area contributed by atoms with Crippen LogP contribution in [0.1, 0.15) is 23.5 Å². The van der Waals surface area contributed by atoms with E-state index in [1.807, 2.05) is 29.0 Å². The van der Waals surface area contributed by atoms with Crippen LogP contribution >= 0.6 is 0 Å². The molecule has 3 aromatic rings. The van der Waals surface area contributed by atoms with Gasteiger partial charge in [-0.1, -0.05) is 30.3 Å². The molecule has 2 aromatic heterocycles. The number of rotatable bonds is 6. The van der Waals surface area contributed by atoms with E-state index in [-0.39, 0.29) is 6.03 Å². The number of imidazole rings is 1. The highest BCUT2D eigenvalue weighted by molar-refractivity contribution is 5.73. The Morgan fingerprint density at radius 2 is 2.04 bits per heavy atom. The summed E-state index contributed by atoms with van der Waals surface area (Å²) in [6.07, 6.45) is 8.12. The summed E-state index contributed by atoms with van der Waals surface area (Å²) in [6, 6.07) is 14.2. The van der Waals surface area contributed by atoms with Crippen molar-refractivity contribution in [3.05, 3.63) is 78.5 Å². The minimum Gasteiger partial charge on any atom is -0.338 e. The lowest BCUT2D eigenvalue weighted by Crippen LogP contribution is -2.36. The normalized spacial score (nSPS) is 18.3. The number of amides is 2. The number of urea groups is 1. The van der Waals surface area contributed by atoms with Crippen LogP contribution in [0, 0.1) is 5.92 Å². The molecular weight excluding hydrogens is 326 g/mol. The lowest BCUT2D eigenvalue weighted by atomic mass is 10.1. The van der Waals surface area contributed by atoms with Crippen molar-refractivity contribution >= 4 is 6.03 Å². The third kappa shape index (κ3) is 3.91. The van der Waals surface area contributed by atoms with Crippen LogP contribution in [-0.4, -0.2) is 27.1 Å². The molecule has 4 rings (SSSR count). The van der Waals surface area contributed by atoms with E-state index in [2.05, 4.69) is 44.9 Å². The lowest BCUT2D eigenvalue weighted by molar-refractivity contribution is 0.240. The Morgan fingerprint density at radius 3 is 2.85 bits per heavy atom. The van der Waals surface area contributed by atoms with Crippen LogP contribution in [0.2, 0.25) is 0 Å². The summed E-state index contributed by atoms with van der Waals surface area (Å²) in [4.78, 5) is 20.4. The van der Waals surface area contributed by atoms with Crippen molar-refractivity contribution in [2.24, 2.45) is 5.92 Å². The Hall–Kier alpha value is -3.15. The van der Waals surface area contributed by atoms with E-state index in [0.717, 1.165) is 17.8 Å². The molecule has 0 aliphatic heterocycles. The molecule has 1 aliphatic rings. The van der Waals surface area contributed by atoms with Crippen molar-refractivity contribution in [1.29, 1.82) is 0 Å².